The maximum absolute atomic E-state index is 12.7. The van der Waals surface area contributed by atoms with Gasteiger partial charge in [-0.15, -0.1) is 0 Å². The fraction of sp³-hybridized carbons (Fsp3) is 0.500. The number of carbonyl (C=O) groups is 1. The van der Waals surface area contributed by atoms with Crippen LogP contribution < -0.4 is 0 Å². The van der Waals surface area contributed by atoms with Crippen LogP contribution in [0.4, 0.5) is 0 Å². The summed E-state index contributed by atoms with van der Waals surface area (Å²) in [6, 6.07) is 8.49. The predicted octanol–water partition coefficient (Wildman–Crippen LogP) is 3.01. The Kier molecular flexibility index (Phi) is 5.87. The smallest absolute Gasteiger partial charge is 0.226 e. The molecule has 1 saturated carbocycles. The van der Waals surface area contributed by atoms with Gasteiger partial charge in [0.05, 0.1) is 13.2 Å². The number of amides is 1. The summed E-state index contributed by atoms with van der Waals surface area (Å²) in [6.45, 7) is 4.58. The third kappa shape index (κ3) is 4.48. The van der Waals surface area contributed by atoms with Crippen LogP contribution in [-0.4, -0.2) is 40.6 Å². The minimum absolute atomic E-state index is 0.192. The molecule has 0 radical (unpaired) electrons. The van der Waals surface area contributed by atoms with Gasteiger partial charge in [-0.2, -0.15) is 0 Å². The van der Waals surface area contributed by atoms with E-state index in [4.69, 9.17) is 4.74 Å². The van der Waals surface area contributed by atoms with Gasteiger partial charge in [0.2, 0.25) is 5.91 Å². The molecular formula is C20H27N3O2. The van der Waals surface area contributed by atoms with Crippen LogP contribution in [-0.2, 0) is 22.6 Å². The van der Waals surface area contributed by atoms with Gasteiger partial charge in [-0.1, -0.05) is 36.2 Å². The summed E-state index contributed by atoms with van der Waals surface area (Å²) in [5.74, 6) is 1.36. The van der Waals surface area contributed by atoms with E-state index in [9.17, 15) is 4.79 Å². The van der Waals surface area contributed by atoms with E-state index in [1.54, 1.807) is 7.11 Å². The molecule has 1 amide bonds. The van der Waals surface area contributed by atoms with Crippen LogP contribution in [0.25, 0.3) is 0 Å². The Bertz CT molecular complexity index is 706. The van der Waals surface area contributed by atoms with Gasteiger partial charge in [0.1, 0.15) is 5.82 Å². The summed E-state index contributed by atoms with van der Waals surface area (Å²) in [5, 5.41) is 0. The molecule has 0 bridgehead atoms. The van der Waals surface area contributed by atoms with Crippen molar-refractivity contribution in [1.29, 1.82) is 0 Å². The number of ether oxygens (including phenoxy) is 1. The number of carbonyl (C=O) groups excluding carboxylic acids is 1. The first-order valence-electron chi connectivity index (χ1n) is 9.00. The lowest BCUT2D eigenvalue weighted by atomic mass is 9.84. The standard InChI is InChI=1S/C20H27N3O2/c1-16-5-3-6-17(13-16)14-22-10-9-21-19(22)15-23(11-12-25-2)20(24)18-7-4-8-18/h3,5-6,9-10,13,18H,4,7-8,11-12,14-15H2,1-2H3. The summed E-state index contributed by atoms with van der Waals surface area (Å²) < 4.78 is 7.32. The van der Waals surface area contributed by atoms with E-state index in [2.05, 4.69) is 40.7 Å². The normalized spacial score (nSPS) is 14.3. The van der Waals surface area contributed by atoms with Crippen LogP contribution in [0, 0.1) is 12.8 Å². The van der Waals surface area contributed by atoms with Crippen LogP contribution in [0.5, 0.6) is 0 Å². The van der Waals surface area contributed by atoms with E-state index < -0.39 is 0 Å². The number of methoxy groups -OCH3 is 1. The molecule has 1 aliphatic rings. The van der Waals surface area contributed by atoms with Crippen LogP contribution in [0.2, 0.25) is 0 Å². The fourth-order valence-electron chi connectivity index (χ4n) is 3.20. The highest BCUT2D eigenvalue weighted by Gasteiger charge is 2.29. The van der Waals surface area contributed by atoms with E-state index in [1.165, 1.54) is 11.1 Å². The minimum atomic E-state index is 0.192. The Balaban J connectivity index is 1.71. The van der Waals surface area contributed by atoms with Crippen molar-refractivity contribution >= 4 is 5.91 Å². The molecule has 5 nitrogen and oxygen atoms in total. The number of rotatable bonds is 8. The highest BCUT2D eigenvalue weighted by Crippen LogP contribution is 2.28. The van der Waals surface area contributed by atoms with Crippen LogP contribution >= 0.6 is 0 Å². The van der Waals surface area contributed by atoms with Gasteiger partial charge in [0.15, 0.2) is 0 Å². The largest absolute Gasteiger partial charge is 0.383 e. The van der Waals surface area contributed by atoms with Gasteiger partial charge in [-0.3, -0.25) is 4.79 Å². The van der Waals surface area contributed by atoms with Gasteiger partial charge in [0, 0.05) is 38.5 Å². The molecular weight excluding hydrogens is 314 g/mol. The number of benzene rings is 1. The third-order valence-electron chi connectivity index (χ3n) is 4.90. The second kappa shape index (κ2) is 8.30. The molecule has 134 valence electrons. The lowest BCUT2D eigenvalue weighted by Crippen LogP contribution is -2.40. The molecule has 0 N–H and O–H groups in total. The zero-order valence-corrected chi connectivity index (χ0v) is 15.1. The summed E-state index contributed by atoms with van der Waals surface area (Å²) in [4.78, 5) is 19.1. The van der Waals surface area contributed by atoms with E-state index in [0.717, 1.165) is 31.6 Å². The molecule has 0 unspecified atom stereocenters. The first-order chi connectivity index (χ1) is 12.2. The number of aryl methyl sites for hydroxylation is 1. The number of hydrogen-bond donors (Lipinski definition) is 0. The second-order valence-corrected chi connectivity index (χ2v) is 6.84. The lowest BCUT2D eigenvalue weighted by Gasteiger charge is -2.31. The molecule has 1 aromatic heterocycles. The molecule has 5 heteroatoms. The fourth-order valence-corrected chi connectivity index (χ4v) is 3.20. The van der Waals surface area contributed by atoms with Gasteiger partial charge in [0.25, 0.3) is 0 Å². The first kappa shape index (κ1) is 17.7. The van der Waals surface area contributed by atoms with Crippen molar-refractivity contribution in [2.45, 2.75) is 39.3 Å². The van der Waals surface area contributed by atoms with E-state index >= 15 is 0 Å². The van der Waals surface area contributed by atoms with Gasteiger partial charge in [-0.25, -0.2) is 4.98 Å². The van der Waals surface area contributed by atoms with Gasteiger partial charge >= 0.3 is 0 Å². The van der Waals surface area contributed by atoms with E-state index in [-0.39, 0.29) is 11.8 Å². The number of hydrogen-bond acceptors (Lipinski definition) is 3. The molecule has 0 saturated heterocycles. The molecule has 1 heterocycles. The van der Waals surface area contributed by atoms with Crippen LogP contribution in [0.3, 0.4) is 0 Å². The Morgan fingerprint density at radius 1 is 1.40 bits per heavy atom. The molecule has 25 heavy (non-hydrogen) atoms. The molecule has 1 fully saturated rings. The highest BCUT2D eigenvalue weighted by atomic mass is 16.5. The summed E-state index contributed by atoms with van der Waals surface area (Å²) in [7, 11) is 1.67. The van der Waals surface area contributed by atoms with Crippen molar-refractivity contribution in [2.24, 2.45) is 5.92 Å². The van der Waals surface area contributed by atoms with Crippen LogP contribution in [0.15, 0.2) is 36.7 Å². The summed E-state index contributed by atoms with van der Waals surface area (Å²) in [6.07, 6.45) is 6.99. The Labute approximate surface area is 149 Å². The topological polar surface area (TPSA) is 47.4 Å². The third-order valence-corrected chi connectivity index (χ3v) is 4.90. The molecule has 0 spiro atoms. The maximum Gasteiger partial charge on any atom is 0.226 e. The first-order valence-corrected chi connectivity index (χ1v) is 9.00. The monoisotopic (exact) mass is 341 g/mol. The van der Waals surface area contributed by atoms with Crippen molar-refractivity contribution in [3.63, 3.8) is 0 Å². The summed E-state index contributed by atoms with van der Waals surface area (Å²) >= 11 is 0. The average Bonchev–Trinajstić information content (AvgIpc) is 2.96. The second-order valence-electron chi connectivity index (χ2n) is 6.84. The number of aromatic nitrogens is 2. The van der Waals surface area contributed by atoms with Crippen LogP contribution in [0.1, 0.15) is 36.2 Å². The molecule has 0 aliphatic heterocycles. The van der Waals surface area contributed by atoms with E-state index in [1.807, 2.05) is 17.3 Å². The highest BCUT2D eigenvalue weighted by molar-refractivity contribution is 5.79. The maximum atomic E-state index is 12.7. The Hall–Kier alpha value is -2.14. The van der Waals surface area contributed by atoms with Gasteiger partial charge in [-0.05, 0) is 25.3 Å². The zero-order chi connectivity index (χ0) is 17.6. The van der Waals surface area contributed by atoms with Gasteiger partial charge < -0.3 is 14.2 Å². The Morgan fingerprint density at radius 2 is 2.24 bits per heavy atom. The molecule has 1 aromatic carbocycles. The Morgan fingerprint density at radius 3 is 2.92 bits per heavy atom. The predicted molar refractivity (Wildman–Crippen MR) is 97.1 cm³/mol. The van der Waals surface area contributed by atoms with Crippen molar-refractivity contribution in [1.82, 2.24) is 14.5 Å². The quantitative estimate of drug-likeness (QED) is 0.741. The minimum Gasteiger partial charge on any atom is -0.383 e. The SMILES string of the molecule is COCCN(Cc1nccn1Cc1cccc(C)c1)C(=O)C1CCC1. The molecule has 0 atom stereocenters. The van der Waals surface area contributed by atoms with Crippen molar-refractivity contribution in [3.8, 4) is 0 Å². The molecule has 3 rings (SSSR count). The average molecular weight is 341 g/mol. The molecule has 1 aliphatic carbocycles. The van der Waals surface area contributed by atoms with E-state index in [0.29, 0.717) is 19.7 Å². The van der Waals surface area contributed by atoms with Crippen molar-refractivity contribution in [3.05, 3.63) is 53.6 Å². The zero-order valence-electron chi connectivity index (χ0n) is 15.1. The molecule has 2 aromatic rings. The van der Waals surface area contributed by atoms with Crippen molar-refractivity contribution < 1.29 is 9.53 Å². The summed E-state index contributed by atoms with van der Waals surface area (Å²) in [5.41, 5.74) is 2.49. The van der Waals surface area contributed by atoms with Crippen molar-refractivity contribution in [2.75, 3.05) is 20.3 Å². The lowest BCUT2D eigenvalue weighted by molar-refractivity contribution is -0.139. The number of imidazole rings is 1. The number of nitrogens with zero attached hydrogens (tertiary/aromatic N) is 3.